The fourth-order valence-corrected chi connectivity index (χ4v) is 3.61. The van der Waals surface area contributed by atoms with Gasteiger partial charge in [0.05, 0.1) is 17.9 Å². The van der Waals surface area contributed by atoms with Crippen molar-refractivity contribution in [2.75, 3.05) is 5.32 Å². The number of thiazole rings is 1. The number of carbonyl (C=O) groups is 2. The SMILES string of the molecule is Cc1ccncc1NC(=O)c1csc([C@H](NC(=O)c2ncccc2F)C(C)C)n1. The van der Waals surface area contributed by atoms with Crippen molar-refractivity contribution in [3.05, 3.63) is 69.9 Å². The van der Waals surface area contributed by atoms with Crippen molar-refractivity contribution in [3.8, 4) is 0 Å². The van der Waals surface area contributed by atoms with E-state index in [0.29, 0.717) is 10.7 Å². The summed E-state index contributed by atoms with van der Waals surface area (Å²) in [4.78, 5) is 37.2. The maximum Gasteiger partial charge on any atom is 0.275 e. The van der Waals surface area contributed by atoms with Gasteiger partial charge in [0, 0.05) is 17.8 Å². The van der Waals surface area contributed by atoms with Crippen molar-refractivity contribution >= 4 is 28.8 Å². The number of hydrogen-bond donors (Lipinski definition) is 2. The Kier molecular flexibility index (Phi) is 6.28. The van der Waals surface area contributed by atoms with E-state index in [2.05, 4.69) is 25.6 Å². The number of halogens is 1. The highest BCUT2D eigenvalue weighted by Crippen LogP contribution is 2.26. The van der Waals surface area contributed by atoms with Gasteiger partial charge in [-0.25, -0.2) is 14.4 Å². The van der Waals surface area contributed by atoms with Gasteiger partial charge < -0.3 is 10.6 Å². The molecule has 0 aliphatic rings. The van der Waals surface area contributed by atoms with E-state index in [-0.39, 0.29) is 23.2 Å². The molecule has 3 aromatic rings. The van der Waals surface area contributed by atoms with Gasteiger partial charge in [0.2, 0.25) is 0 Å². The van der Waals surface area contributed by atoms with Crippen LogP contribution in [-0.4, -0.2) is 26.8 Å². The van der Waals surface area contributed by atoms with Gasteiger partial charge in [0.1, 0.15) is 10.7 Å². The van der Waals surface area contributed by atoms with Crippen LogP contribution in [-0.2, 0) is 0 Å². The quantitative estimate of drug-likeness (QED) is 0.641. The maximum atomic E-state index is 13.8. The molecule has 3 aromatic heterocycles. The summed E-state index contributed by atoms with van der Waals surface area (Å²) in [6.07, 6.45) is 4.57. The lowest BCUT2D eigenvalue weighted by Gasteiger charge is -2.20. The largest absolute Gasteiger partial charge is 0.341 e. The number of rotatable bonds is 6. The summed E-state index contributed by atoms with van der Waals surface area (Å²) in [5.41, 5.74) is 1.44. The predicted molar refractivity (Wildman–Crippen MR) is 108 cm³/mol. The Labute approximate surface area is 171 Å². The summed E-state index contributed by atoms with van der Waals surface area (Å²) in [5.74, 6) is -1.73. The molecule has 2 N–H and O–H groups in total. The van der Waals surface area contributed by atoms with Gasteiger partial charge in [-0.05, 0) is 36.6 Å². The lowest BCUT2D eigenvalue weighted by Crippen LogP contribution is -2.33. The van der Waals surface area contributed by atoms with E-state index in [4.69, 9.17) is 0 Å². The summed E-state index contributed by atoms with van der Waals surface area (Å²) < 4.78 is 13.8. The zero-order valence-corrected chi connectivity index (χ0v) is 17.0. The fraction of sp³-hybridized carbons (Fsp3) is 0.250. The lowest BCUT2D eigenvalue weighted by atomic mass is 10.0. The van der Waals surface area contributed by atoms with Gasteiger partial charge in [-0.1, -0.05) is 13.8 Å². The third-order valence-electron chi connectivity index (χ3n) is 4.23. The molecule has 0 spiro atoms. The number of aryl methyl sites for hydroxylation is 1. The second kappa shape index (κ2) is 8.87. The molecular weight excluding hydrogens is 393 g/mol. The predicted octanol–water partition coefficient (Wildman–Crippen LogP) is 3.76. The Balaban J connectivity index is 1.77. The molecule has 1 atom stereocenters. The molecular formula is C20H20FN5O2S. The normalized spacial score (nSPS) is 11.9. The smallest absolute Gasteiger partial charge is 0.275 e. The number of aromatic nitrogens is 3. The summed E-state index contributed by atoms with van der Waals surface area (Å²) in [6, 6.07) is 3.90. The average molecular weight is 413 g/mol. The van der Waals surface area contributed by atoms with E-state index in [1.807, 2.05) is 20.8 Å². The van der Waals surface area contributed by atoms with Crippen molar-refractivity contribution in [2.45, 2.75) is 26.8 Å². The van der Waals surface area contributed by atoms with Gasteiger partial charge in [-0.3, -0.25) is 14.6 Å². The van der Waals surface area contributed by atoms with Gasteiger partial charge in [0.25, 0.3) is 11.8 Å². The standard InChI is InChI=1S/C20H20FN5O2S/c1-11(2)16(26-19(28)17-13(21)5-4-7-23-17)20-25-15(10-29-20)18(27)24-14-9-22-8-6-12(14)3/h4-11,16H,1-3H3,(H,24,27)(H,26,28)/t16-/m1/s1. The van der Waals surface area contributed by atoms with E-state index in [1.165, 1.54) is 29.7 Å². The van der Waals surface area contributed by atoms with Crippen LogP contribution in [0.1, 0.15) is 51.4 Å². The monoisotopic (exact) mass is 413 g/mol. The van der Waals surface area contributed by atoms with Crippen LogP contribution in [0.3, 0.4) is 0 Å². The maximum absolute atomic E-state index is 13.8. The van der Waals surface area contributed by atoms with Crippen molar-refractivity contribution in [1.29, 1.82) is 0 Å². The molecule has 0 saturated carbocycles. The van der Waals surface area contributed by atoms with Crippen molar-refractivity contribution in [2.24, 2.45) is 5.92 Å². The minimum Gasteiger partial charge on any atom is -0.341 e. The van der Waals surface area contributed by atoms with E-state index >= 15 is 0 Å². The molecule has 0 aromatic carbocycles. The third kappa shape index (κ3) is 4.80. The number of hydrogen-bond acceptors (Lipinski definition) is 6. The summed E-state index contributed by atoms with van der Waals surface area (Å²) in [7, 11) is 0. The molecule has 0 saturated heterocycles. The molecule has 0 bridgehead atoms. The van der Waals surface area contributed by atoms with E-state index in [9.17, 15) is 14.0 Å². The van der Waals surface area contributed by atoms with E-state index in [0.717, 1.165) is 5.56 Å². The summed E-state index contributed by atoms with van der Waals surface area (Å²) in [5, 5.41) is 7.72. The van der Waals surface area contributed by atoms with Crippen LogP contribution in [0.25, 0.3) is 0 Å². The molecule has 0 aliphatic heterocycles. The highest BCUT2D eigenvalue weighted by molar-refractivity contribution is 7.10. The first kappa shape index (κ1) is 20.5. The van der Waals surface area contributed by atoms with Crippen molar-refractivity contribution in [1.82, 2.24) is 20.3 Å². The van der Waals surface area contributed by atoms with Crippen LogP contribution in [0, 0.1) is 18.7 Å². The molecule has 29 heavy (non-hydrogen) atoms. The Morgan fingerprint density at radius 3 is 2.66 bits per heavy atom. The highest BCUT2D eigenvalue weighted by Gasteiger charge is 2.25. The van der Waals surface area contributed by atoms with Crippen LogP contribution < -0.4 is 10.6 Å². The molecule has 3 heterocycles. The number of carbonyl (C=O) groups excluding carboxylic acids is 2. The minimum absolute atomic E-state index is 0.0339. The topological polar surface area (TPSA) is 96.9 Å². The van der Waals surface area contributed by atoms with Crippen molar-refractivity contribution < 1.29 is 14.0 Å². The van der Waals surface area contributed by atoms with Crippen LogP contribution >= 0.6 is 11.3 Å². The molecule has 0 fully saturated rings. The molecule has 150 valence electrons. The number of pyridine rings is 2. The Bertz CT molecular complexity index is 1040. The van der Waals surface area contributed by atoms with E-state index < -0.39 is 17.8 Å². The number of amides is 2. The van der Waals surface area contributed by atoms with Gasteiger partial charge >= 0.3 is 0 Å². The molecule has 0 radical (unpaired) electrons. The molecule has 2 amide bonds. The molecule has 0 aliphatic carbocycles. The third-order valence-corrected chi connectivity index (χ3v) is 5.16. The Morgan fingerprint density at radius 2 is 1.97 bits per heavy atom. The summed E-state index contributed by atoms with van der Waals surface area (Å²) in [6.45, 7) is 5.67. The number of nitrogens with one attached hydrogen (secondary N) is 2. The van der Waals surface area contributed by atoms with Crippen LogP contribution in [0.15, 0.2) is 42.2 Å². The van der Waals surface area contributed by atoms with Gasteiger partial charge in [-0.15, -0.1) is 11.3 Å². The molecule has 7 nitrogen and oxygen atoms in total. The fourth-order valence-electron chi connectivity index (χ4n) is 2.59. The zero-order valence-electron chi connectivity index (χ0n) is 16.1. The lowest BCUT2D eigenvalue weighted by molar-refractivity contribution is 0.0915. The van der Waals surface area contributed by atoms with E-state index in [1.54, 1.807) is 23.8 Å². The molecule has 3 rings (SSSR count). The molecule has 0 unspecified atom stereocenters. The highest BCUT2D eigenvalue weighted by atomic mass is 32.1. The minimum atomic E-state index is -0.696. The Morgan fingerprint density at radius 1 is 1.17 bits per heavy atom. The second-order valence-corrected chi connectivity index (χ2v) is 7.63. The molecule has 9 heteroatoms. The number of anilines is 1. The van der Waals surface area contributed by atoms with Gasteiger partial charge in [0.15, 0.2) is 11.5 Å². The Hall–Kier alpha value is -3.20. The number of nitrogens with zero attached hydrogens (tertiary/aromatic N) is 3. The zero-order chi connectivity index (χ0) is 21.0. The van der Waals surface area contributed by atoms with Crippen molar-refractivity contribution in [3.63, 3.8) is 0 Å². The summed E-state index contributed by atoms with van der Waals surface area (Å²) >= 11 is 1.25. The average Bonchev–Trinajstić information content (AvgIpc) is 3.17. The van der Waals surface area contributed by atoms with Crippen LogP contribution in [0.5, 0.6) is 0 Å². The first-order chi connectivity index (χ1) is 13.9. The van der Waals surface area contributed by atoms with Crippen LogP contribution in [0.4, 0.5) is 10.1 Å². The second-order valence-electron chi connectivity index (χ2n) is 6.74. The van der Waals surface area contributed by atoms with Gasteiger partial charge in [-0.2, -0.15) is 0 Å². The first-order valence-electron chi connectivity index (χ1n) is 8.95. The first-order valence-corrected chi connectivity index (χ1v) is 9.83. The van der Waals surface area contributed by atoms with Crippen LogP contribution in [0.2, 0.25) is 0 Å².